The third-order valence-electron chi connectivity index (χ3n) is 2.74. The molecule has 0 aromatic heterocycles. The van der Waals surface area contributed by atoms with E-state index in [0.717, 1.165) is 34.0 Å². The maximum Gasteiger partial charge on any atom is 0.231 e. The lowest BCUT2D eigenvalue weighted by Gasteiger charge is -2.23. The Morgan fingerprint density at radius 1 is 1.32 bits per heavy atom. The van der Waals surface area contributed by atoms with Crippen molar-refractivity contribution >= 4 is 45.9 Å². The fourth-order valence-electron chi connectivity index (χ4n) is 1.94. The number of ether oxygens (including phenoxy) is 2. The summed E-state index contributed by atoms with van der Waals surface area (Å²) in [4.78, 5) is 4.61. The van der Waals surface area contributed by atoms with Gasteiger partial charge in [0.25, 0.3) is 0 Å². The molecule has 1 aliphatic rings. The van der Waals surface area contributed by atoms with E-state index in [0.29, 0.717) is 6.54 Å². The first kappa shape index (κ1) is 19.3. The summed E-state index contributed by atoms with van der Waals surface area (Å²) >= 11 is 3.50. The zero-order valence-electron chi connectivity index (χ0n) is 13.3. The fourth-order valence-corrected chi connectivity index (χ4v) is 2.55. The van der Waals surface area contributed by atoms with E-state index in [1.54, 1.807) is 0 Å². The van der Waals surface area contributed by atoms with Gasteiger partial charge < -0.3 is 20.1 Å². The number of fused-ring (bicyclic) bond motifs is 1. The fraction of sp³-hybridized carbons (Fsp3) is 0.533. The summed E-state index contributed by atoms with van der Waals surface area (Å²) in [7, 11) is 0. The van der Waals surface area contributed by atoms with Gasteiger partial charge in [0.15, 0.2) is 17.5 Å². The molecular formula is C15H23BrIN3O2. The van der Waals surface area contributed by atoms with Crippen LogP contribution in [0.15, 0.2) is 21.6 Å². The number of nitrogens with one attached hydrogen (secondary N) is 2. The number of nitrogens with zero attached hydrogens (tertiary/aromatic N) is 1. The van der Waals surface area contributed by atoms with Crippen LogP contribution in [0.1, 0.15) is 33.3 Å². The Morgan fingerprint density at radius 2 is 2.05 bits per heavy atom. The van der Waals surface area contributed by atoms with Gasteiger partial charge in [-0.25, -0.2) is 4.99 Å². The van der Waals surface area contributed by atoms with Crippen LogP contribution in [-0.2, 0) is 6.54 Å². The molecule has 0 saturated heterocycles. The summed E-state index contributed by atoms with van der Waals surface area (Å²) in [6.45, 7) is 10.0. The SMILES string of the molecule is CCNC(=NCc1cc(Br)c2c(c1)OCO2)NC(C)(C)C.I. The molecule has 22 heavy (non-hydrogen) atoms. The highest BCUT2D eigenvalue weighted by Gasteiger charge is 2.18. The summed E-state index contributed by atoms with van der Waals surface area (Å²) < 4.78 is 11.7. The molecule has 2 N–H and O–H groups in total. The van der Waals surface area contributed by atoms with Gasteiger partial charge in [0.05, 0.1) is 11.0 Å². The largest absolute Gasteiger partial charge is 0.454 e. The minimum Gasteiger partial charge on any atom is -0.454 e. The van der Waals surface area contributed by atoms with Crippen LogP contribution in [0.5, 0.6) is 11.5 Å². The van der Waals surface area contributed by atoms with Gasteiger partial charge in [-0.2, -0.15) is 0 Å². The lowest BCUT2D eigenvalue weighted by atomic mass is 10.1. The Morgan fingerprint density at radius 3 is 2.68 bits per heavy atom. The molecule has 0 unspecified atom stereocenters. The molecule has 0 bridgehead atoms. The van der Waals surface area contributed by atoms with Crippen LogP contribution in [0.25, 0.3) is 0 Å². The molecule has 124 valence electrons. The zero-order valence-corrected chi connectivity index (χ0v) is 17.2. The molecule has 0 saturated carbocycles. The van der Waals surface area contributed by atoms with Crippen LogP contribution < -0.4 is 20.1 Å². The molecule has 5 nitrogen and oxygen atoms in total. The summed E-state index contributed by atoms with van der Waals surface area (Å²) in [6, 6.07) is 3.98. The van der Waals surface area contributed by atoms with Crippen molar-refractivity contribution in [2.24, 2.45) is 4.99 Å². The molecule has 1 aromatic rings. The maximum atomic E-state index is 5.42. The predicted octanol–water partition coefficient (Wildman–Crippen LogP) is 3.65. The minimum atomic E-state index is -0.0313. The second-order valence-corrected chi connectivity index (χ2v) is 6.74. The van der Waals surface area contributed by atoms with E-state index < -0.39 is 0 Å². The van der Waals surface area contributed by atoms with Crippen molar-refractivity contribution in [2.75, 3.05) is 13.3 Å². The summed E-state index contributed by atoms with van der Waals surface area (Å²) in [5.41, 5.74) is 1.04. The van der Waals surface area contributed by atoms with Crippen LogP contribution >= 0.6 is 39.9 Å². The number of aliphatic imine (C=N–C) groups is 1. The molecular weight excluding hydrogens is 461 g/mol. The van der Waals surface area contributed by atoms with Gasteiger partial charge in [-0.1, -0.05) is 0 Å². The number of hydrogen-bond acceptors (Lipinski definition) is 3. The van der Waals surface area contributed by atoms with Crippen LogP contribution in [-0.4, -0.2) is 24.8 Å². The first-order chi connectivity index (χ1) is 9.89. The number of hydrogen-bond donors (Lipinski definition) is 2. The molecule has 0 atom stereocenters. The molecule has 2 rings (SSSR count). The Balaban J connectivity index is 0.00000242. The van der Waals surface area contributed by atoms with Gasteiger partial charge in [0, 0.05) is 12.1 Å². The Hall–Kier alpha value is -0.700. The highest BCUT2D eigenvalue weighted by atomic mass is 127. The van der Waals surface area contributed by atoms with Crippen LogP contribution in [0.3, 0.4) is 0 Å². The molecule has 1 aliphatic heterocycles. The van der Waals surface area contributed by atoms with E-state index >= 15 is 0 Å². The topological polar surface area (TPSA) is 54.9 Å². The maximum absolute atomic E-state index is 5.42. The molecule has 0 aliphatic carbocycles. The normalized spacial score (nSPS) is 13.6. The first-order valence-electron chi connectivity index (χ1n) is 7.03. The van der Waals surface area contributed by atoms with Crippen molar-refractivity contribution in [3.8, 4) is 11.5 Å². The monoisotopic (exact) mass is 483 g/mol. The highest BCUT2D eigenvalue weighted by Crippen LogP contribution is 2.40. The smallest absolute Gasteiger partial charge is 0.231 e. The van der Waals surface area contributed by atoms with Gasteiger partial charge >= 0.3 is 0 Å². The van der Waals surface area contributed by atoms with Gasteiger partial charge in [-0.15, -0.1) is 24.0 Å². The molecule has 7 heteroatoms. The Labute approximate surface area is 157 Å². The van der Waals surface area contributed by atoms with Gasteiger partial charge in [0.2, 0.25) is 6.79 Å². The van der Waals surface area contributed by atoms with Crippen molar-refractivity contribution in [2.45, 2.75) is 39.8 Å². The molecule has 1 heterocycles. The standard InChI is InChI=1S/C15H22BrN3O2.HI/c1-5-17-14(19-15(2,3)4)18-8-10-6-11(16)13-12(7-10)20-9-21-13;/h6-7H,5,8-9H2,1-4H3,(H2,17,18,19);1H. The van der Waals surface area contributed by atoms with Crippen molar-refractivity contribution in [1.82, 2.24) is 10.6 Å². The quantitative estimate of drug-likeness (QED) is 0.391. The van der Waals surface area contributed by atoms with E-state index in [9.17, 15) is 0 Å². The third kappa shape index (κ3) is 5.49. The average Bonchev–Trinajstić information content (AvgIpc) is 2.83. The molecule has 0 radical (unpaired) electrons. The van der Waals surface area contributed by atoms with Crippen LogP contribution in [0.4, 0.5) is 0 Å². The van der Waals surface area contributed by atoms with Crippen molar-refractivity contribution in [3.63, 3.8) is 0 Å². The number of rotatable bonds is 3. The van der Waals surface area contributed by atoms with Crippen molar-refractivity contribution in [3.05, 3.63) is 22.2 Å². The summed E-state index contributed by atoms with van der Waals surface area (Å²) in [5.74, 6) is 2.34. The van der Waals surface area contributed by atoms with Gasteiger partial charge in [-0.3, -0.25) is 0 Å². The number of guanidine groups is 1. The first-order valence-corrected chi connectivity index (χ1v) is 7.83. The average molecular weight is 484 g/mol. The Kier molecular flexibility index (Phi) is 7.24. The van der Waals surface area contributed by atoms with E-state index in [1.807, 2.05) is 12.1 Å². The molecule has 1 aromatic carbocycles. The van der Waals surface area contributed by atoms with Crippen LogP contribution in [0.2, 0.25) is 0 Å². The number of halogens is 2. The van der Waals surface area contributed by atoms with E-state index in [4.69, 9.17) is 9.47 Å². The molecule has 0 amide bonds. The summed E-state index contributed by atoms with van der Waals surface area (Å²) in [6.07, 6.45) is 0. The Bertz CT molecular complexity index is 544. The van der Waals surface area contributed by atoms with Gasteiger partial charge in [0.1, 0.15) is 0 Å². The minimum absolute atomic E-state index is 0. The second kappa shape index (κ2) is 8.24. The zero-order chi connectivity index (χ0) is 15.5. The van der Waals surface area contributed by atoms with E-state index in [1.165, 1.54) is 0 Å². The number of benzene rings is 1. The lowest BCUT2D eigenvalue weighted by molar-refractivity contribution is 0.173. The van der Waals surface area contributed by atoms with Crippen molar-refractivity contribution in [1.29, 1.82) is 0 Å². The summed E-state index contributed by atoms with van der Waals surface area (Å²) in [5, 5.41) is 6.61. The van der Waals surface area contributed by atoms with Crippen molar-refractivity contribution < 1.29 is 9.47 Å². The van der Waals surface area contributed by atoms with E-state index in [-0.39, 0.29) is 36.3 Å². The molecule has 0 fully saturated rings. The molecule has 0 spiro atoms. The second-order valence-electron chi connectivity index (χ2n) is 5.88. The van der Waals surface area contributed by atoms with Crippen LogP contribution in [0, 0.1) is 0 Å². The van der Waals surface area contributed by atoms with E-state index in [2.05, 4.69) is 59.3 Å². The third-order valence-corrected chi connectivity index (χ3v) is 3.33. The lowest BCUT2D eigenvalue weighted by Crippen LogP contribution is -2.47. The highest BCUT2D eigenvalue weighted by molar-refractivity contribution is 14.0. The predicted molar refractivity (Wildman–Crippen MR) is 103 cm³/mol. The van der Waals surface area contributed by atoms with Gasteiger partial charge in [-0.05, 0) is 61.3 Å².